The van der Waals surface area contributed by atoms with Crippen LogP contribution in [0.15, 0.2) is 84.0 Å². The average Bonchev–Trinajstić information content (AvgIpc) is 3.10. The van der Waals surface area contributed by atoms with Gasteiger partial charge in [0.25, 0.3) is 0 Å². The van der Waals surface area contributed by atoms with Crippen LogP contribution in [0.4, 0.5) is 0 Å². The maximum Gasteiger partial charge on any atom is 0.196 e. The number of rotatable bonds is 6. The van der Waals surface area contributed by atoms with Gasteiger partial charge < -0.3 is 0 Å². The average molecular weight is 406 g/mol. The van der Waals surface area contributed by atoms with E-state index in [4.69, 9.17) is 11.6 Å². The molecule has 4 rings (SSSR count). The van der Waals surface area contributed by atoms with Crippen molar-refractivity contribution in [3.63, 3.8) is 0 Å². The van der Waals surface area contributed by atoms with Crippen LogP contribution in [0.3, 0.4) is 0 Å². The molecule has 0 bridgehead atoms. The molecule has 0 atom stereocenters. The van der Waals surface area contributed by atoms with Crippen LogP contribution in [-0.2, 0) is 12.2 Å². The first-order chi connectivity index (χ1) is 13.7. The summed E-state index contributed by atoms with van der Waals surface area (Å²) in [7, 11) is 0. The topological polar surface area (TPSA) is 30.7 Å². The molecule has 1 heterocycles. The number of aromatic nitrogens is 3. The Hall–Kier alpha value is -2.56. The van der Waals surface area contributed by atoms with Crippen LogP contribution in [0.1, 0.15) is 22.5 Å². The molecular weight excluding hydrogens is 386 g/mol. The van der Waals surface area contributed by atoms with Gasteiger partial charge in [0, 0.05) is 22.9 Å². The van der Waals surface area contributed by atoms with Gasteiger partial charge in [0.1, 0.15) is 5.82 Å². The molecule has 0 aliphatic heterocycles. The van der Waals surface area contributed by atoms with E-state index in [1.807, 2.05) is 42.5 Å². The number of benzene rings is 3. The summed E-state index contributed by atoms with van der Waals surface area (Å²) in [6.45, 7) is 2.11. The third kappa shape index (κ3) is 4.46. The van der Waals surface area contributed by atoms with Gasteiger partial charge in [0.05, 0.1) is 0 Å². The Morgan fingerprint density at radius 3 is 2.36 bits per heavy atom. The molecule has 4 aromatic rings. The lowest BCUT2D eigenvalue weighted by Crippen LogP contribution is -2.04. The molecule has 0 aliphatic carbocycles. The van der Waals surface area contributed by atoms with Gasteiger partial charge in [-0.15, -0.1) is 10.2 Å². The highest BCUT2D eigenvalue weighted by atomic mass is 35.5. The lowest BCUT2D eigenvalue weighted by molar-refractivity contribution is 0.847. The van der Waals surface area contributed by atoms with Gasteiger partial charge in [-0.2, -0.15) is 0 Å². The minimum absolute atomic E-state index is 0.718. The van der Waals surface area contributed by atoms with Crippen molar-refractivity contribution < 1.29 is 0 Å². The molecule has 140 valence electrons. The van der Waals surface area contributed by atoms with Gasteiger partial charge in [0.2, 0.25) is 0 Å². The predicted molar refractivity (Wildman–Crippen MR) is 116 cm³/mol. The lowest BCUT2D eigenvalue weighted by Gasteiger charge is -2.11. The van der Waals surface area contributed by atoms with E-state index in [1.54, 1.807) is 11.8 Å². The Morgan fingerprint density at radius 1 is 0.857 bits per heavy atom. The molecule has 0 fully saturated rings. The second kappa shape index (κ2) is 8.63. The van der Waals surface area contributed by atoms with Crippen molar-refractivity contribution in [2.24, 2.45) is 0 Å². The van der Waals surface area contributed by atoms with E-state index >= 15 is 0 Å². The summed E-state index contributed by atoms with van der Waals surface area (Å²) in [5.74, 6) is 1.76. The molecule has 0 N–H and O–H groups in total. The molecule has 0 aliphatic rings. The van der Waals surface area contributed by atoms with Crippen molar-refractivity contribution in [1.82, 2.24) is 14.8 Å². The zero-order chi connectivity index (χ0) is 19.3. The van der Waals surface area contributed by atoms with E-state index in [1.165, 1.54) is 16.7 Å². The molecule has 0 saturated heterocycles. The van der Waals surface area contributed by atoms with Crippen molar-refractivity contribution in [3.8, 4) is 5.69 Å². The van der Waals surface area contributed by atoms with Gasteiger partial charge in [-0.3, -0.25) is 4.57 Å². The number of nitrogens with zero attached hydrogens (tertiary/aromatic N) is 3. The van der Waals surface area contributed by atoms with Crippen molar-refractivity contribution in [3.05, 3.63) is 106 Å². The Bertz CT molecular complexity index is 1060. The van der Waals surface area contributed by atoms with Gasteiger partial charge in [-0.05, 0) is 42.3 Å². The zero-order valence-corrected chi connectivity index (χ0v) is 17.1. The first-order valence-electron chi connectivity index (χ1n) is 9.11. The van der Waals surface area contributed by atoms with E-state index in [0.29, 0.717) is 0 Å². The fraction of sp³-hybridized carbons (Fsp3) is 0.130. The zero-order valence-electron chi connectivity index (χ0n) is 15.5. The molecular formula is C23H20ClN3S. The molecule has 0 amide bonds. The fourth-order valence-corrected chi connectivity index (χ4v) is 4.13. The minimum Gasteiger partial charge on any atom is -0.274 e. The minimum atomic E-state index is 0.718. The molecule has 3 aromatic carbocycles. The Morgan fingerprint density at radius 2 is 1.61 bits per heavy atom. The van der Waals surface area contributed by atoms with Gasteiger partial charge in [-0.25, -0.2) is 0 Å². The normalized spacial score (nSPS) is 10.9. The summed E-state index contributed by atoms with van der Waals surface area (Å²) in [5.41, 5.74) is 4.77. The Balaban J connectivity index is 1.66. The second-order valence-corrected chi connectivity index (χ2v) is 8.03. The maximum atomic E-state index is 6.09. The van der Waals surface area contributed by atoms with Crippen molar-refractivity contribution in [2.75, 3.05) is 0 Å². The second-order valence-electron chi connectivity index (χ2n) is 6.65. The summed E-state index contributed by atoms with van der Waals surface area (Å²) in [4.78, 5) is 0. The number of hydrogen-bond donors (Lipinski definition) is 0. The van der Waals surface area contributed by atoms with Gasteiger partial charge >= 0.3 is 0 Å². The lowest BCUT2D eigenvalue weighted by atomic mass is 10.1. The van der Waals surface area contributed by atoms with Crippen LogP contribution >= 0.6 is 23.4 Å². The largest absolute Gasteiger partial charge is 0.274 e. The van der Waals surface area contributed by atoms with Crippen LogP contribution in [-0.4, -0.2) is 14.8 Å². The Labute approximate surface area is 174 Å². The highest BCUT2D eigenvalue weighted by molar-refractivity contribution is 7.98. The third-order valence-corrected chi connectivity index (χ3v) is 5.69. The molecule has 1 aromatic heterocycles. The standard InChI is InChI=1S/C23H20ClN3S/c1-17-6-5-9-19(14-17)16-28-23-26-25-22(15-18-7-3-2-4-8-18)27(23)21-12-10-20(24)11-13-21/h2-14H,15-16H2,1H3. The smallest absolute Gasteiger partial charge is 0.196 e. The van der Waals surface area contributed by atoms with Crippen molar-refractivity contribution in [2.45, 2.75) is 24.3 Å². The third-order valence-electron chi connectivity index (χ3n) is 4.44. The Kier molecular flexibility index (Phi) is 5.79. The highest BCUT2D eigenvalue weighted by Crippen LogP contribution is 2.27. The number of hydrogen-bond acceptors (Lipinski definition) is 3. The first kappa shape index (κ1) is 18.8. The molecule has 0 unspecified atom stereocenters. The quantitative estimate of drug-likeness (QED) is 0.362. The van der Waals surface area contributed by atoms with Crippen LogP contribution in [0, 0.1) is 6.92 Å². The van der Waals surface area contributed by atoms with Crippen molar-refractivity contribution >= 4 is 23.4 Å². The summed E-state index contributed by atoms with van der Waals surface area (Å²) in [6, 6.07) is 26.7. The monoisotopic (exact) mass is 405 g/mol. The molecule has 28 heavy (non-hydrogen) atoms. The molecule has 5 heteroatoms. The maximum absolute atomic E-state index is 6.09. The highest BCUT2D eigenvalue weighted by Gasteiger charge is 2.15. The molecule has 0 radical (unpaired) electrons. The predicted octanol–water partition coefficient (Wildman–Crippen LogP) is 6.11. The first-order valence-corrected chi connectivity index (χ1v) is 10.5. The molecule has 0 spiro atoms. The van der Waals surface area contributed by atoms with E-state index in [9.17, 15) is 0 Å². The van der Waals surface area contributed by atoms with Crippen molar-refractivity contribution in [1.29, 1.82) is 0 Å². The summed E-state index contributed by atoms with van der Waals surface area (Å²) >= 11 is 7.79. The number of halogens is 1. The van der Waals surface area contributed by atoms with Gasteiger partial charge in [0.15, 0.2) is 5.16 Å². The summed E-state index contributed by atoms with van der Waals surface area (Å²) in [6.07, 6.45) is 0.724. The molecule has 3 nitrogen and oxygen atoms in total. The fourth-order valence-electron chi connectivity index (χ4n) is 3.09. The van der Waals surface area contributed by atoms with Gasteiger partial charge in [-0.1, -0.05) is 83.5 Å². The van der Waals surface area contributed by atoms with E-state index in [-0.39, 0.29) is 0 Å². The summed E-state index contributed by atoms with van der Waals surface area (Å²) in [5, 5.41) is 10.6. The summed E-state index contributed by atoms with van der Waals surface area (Å²) < 4.78 is 2.13. The van der Waals surface area contributed by atoms with Crippen LogP contribution in [0.5, 0.6) is 0 Å². The number of aryl methyl sites for hydroxylation is 1. The van der Waals surface area contributed by atoms with Crippen LogP contribution in [0.2, 0.25) is 5.02 Å². The van der Waals surface area contributed by atoms with E-state index in [2.05, 4.69) is 58.1 Å². The number of thioether (sulfide) groups is 1. The van der Waals surface area contributed by atoms with Crippen LogP contribution < -0.4 is 0 Å². The molecule has 0 saturated carbocycles. The van der Waals surface area contributed by atoms with E-state index < -0.39 is 0 Å². The SMILES string of the molecule is Cc1cccc(CSc2nnc(Cc3ccccc3)n2-c2ccc(Cl)cc2)c1. The van der Waals surface area contributed by atoms with E-state index in [0.717, 1.165) is 33.9 Å². The van der Waals surface area contributed by atoms with Crippen LogP contribution in [0.25, 0.3) is 5.69 Å².